The maximum atomic E-state index is 13.7. The van der Waals surface area contributed by atoms with Crippen molar-refractivity contribution in [1.29, 1.82) is 0 Å². The minimum atomic E-state index is -1.23. The van der Waals surface area contributed by atoms with Crippen molar-refractivity contribution >= 4 is 34.2 Å². The van der Waals surface area contributed by atoms with Crippen LogP contribution in [0.4, 0.5) is 11.4 Å². The molecule has 1 aliphatic carbocycles. The molecule has 2 aromatic rings. The minimum absolute atomic E-state index is 0.00524. The van der Waals surface area contributed by atoms with Gasteiger partial charge in [-0.2, -0.15) is 0 Å². The van der Waals surface area contributed by atoms with Crippen molar-refractivity contribution in [3.8, 4) is 0 Å². The van der Waals surface area contributed by atoms with Crippen LogP contribution in [-0.2, 0) is 22.2 Å². The summed E-state index contributed by atoms with van der Waals surface area (Å²) in [5.74, 6) is 1.52. The summed E-state index contributed by atoms with van der Waals surface area (Å²) in [7, 11) is 0.536. The van der Waals surface area contributed by atoms with Crippen molar-refractivity contribution in [3.05, 3.63) is 59.7 Å². The molecule has 1 fully saturated rings. The highest BCUT2D eigenvalue weighted by molar-refractivity contribution is 7.85. The lowest BCUT2D eigenvalue weighted by atomic mass is 10.0. The van der Waals surface area contributed by atoms with Gasteiger partial charge in [-0.3, -0.25) is 13.9 Å². The quantitative estimate of drug-likeness (QED) is 0.222. The molecule has 0 saturated heterocycles. The molecule has 0 radical (unpaired) electrons. The van der Waals surface area contributed by atoms with E-state index in [1.54, 1.807) is 23.7 Å². The summed E-state index contributed by atoms with van der Waals surface area (Å²) in [6.07, 6.45) is 5.04. The Bertz CT molecular complexity index is 1160. The molecule has 8 nitrogen and oxygen atoms in total. The van der Waals surface area contributed by atoms with Crippen LogP contribution in [0, 0.1) is 17.8 Å². The Balaban J connectivity index is 1.79. The van der Waals surface area contributed by atoms with Crippen LogP contribution in [0.3, 0.4) is 0 Å². The molecule has 0 aliphatic heterocycles. The molecule has 2 amide bonds. The van der Waals surface area contributed by atoms with E-state index < -0.39 is 11.0 Å². The molecule has 3 unspecified atom stereocenters. The van der Waals surface area contributed by atoms with E-state index in [-0.39, 0.29) is 23.9 Å². The topological polar surface area (TPSA) is 103 Å². The average Bonchev–Trinajstić information content (AvgIpc) is 3.67. The van der Waals surface area contributed by atoms with Gasteiger partial charge in [-0.15, -0.1) is 0 Å². The fourth-order valence-electron chi connectivity index (χ4n) is 4.78. The van der Waals surface area contributed by atoms with Crippen LogP contribution < -0.4 is 25.6 Å². The van der Waals surface area contributed by atoms with Crippen molar-refractivity contribution in [3.63, 3.8) is 0 Å². The standard InChI is InChI=1S/C32H49N5O3S/c1-7-11-30(32(39)35-19-22(2)3)34-21-28(15-24-12-9-8-10-13-24)36-31(38)25-16-27(33-20-26-14-23(26)4)18-29(17-25)37(5)41(6)40/h8-10,12-13,16-18,22-23,26,28,30,33-34H,7,11,14-15,19-21H2,1-6H3,(H,35,39)(H,36,38)/t23?,26?,28-,30-,41?/m0/s1. The van der Waals surface area contributed by atoms with Crippen molar-refractivity contribution in [2.75, 3.05) is 42.6 Å². The number of carbonyl (C=O) groups is 2. The lowest BCUT2D eigenvalue weighted by molar-refractivity contribution is -0.123. The number of anilines is 2. The van der Waals surface area contributed by atoms with Gasteiger partial charge in [0.05, 0.1) is 11.7 Å². The van der Waals surface area contributed by atoms with Crippen LogP contribution in [0.1, 0.15) is 62.9 Å². The van der Waals surface area contributed by atoms with Crippen LogP contribution in [0.5, 0.6) is 0 Å². The van der Waals surface area contributed by atoms with Crippen LogP contribution >= 0.6 is 0 Å². The monoisotopic (exact) mass is 583 g/mol. The van der Waals surface area contributed by atoms with Crippen LogP contribution in [-0.4, -0.2) is 61.0 Å². The summed E-state index contributed by atoms with van der Waals surface area (Å²) in [5.41, 5.74) is 3.16. The fraction of sp³-hybridized carbons (Fsp3) is 0.562. The highest BCUT2D eigenvalue weighted by atomic mass is 32.2. The summed E-state index contributed by atoms with van der Waals surface area (Å²) in [4.78, 5) is 26.6. The molecule has 9 heteroatoms. The Kier molecular flexibility index (Phi) is 12.7. The summed E-state index contributed by atoms with van der Waals surface area (Å²) in [6.45, 7) is 10.4. The molecule has 1 saturated carbocycles. The highest BCUT2D eigenvalue weighted by Crippen LogP contribution is 2.37. The van der Waals surface area contributed by atoms with Crippen LogP contribution in [0.2, 0.25) is 0 Å². The zero-order valence-electron chi connectivity index (χ0n) is 25.5. The third kappa shape index (κ3) is 10.8. The fourth-order valence-corrected chi connectivity index (χ4v) is 5.18. The van der Waals surface area contributed by atoms with Gasteiger partial charge in [-0.1, -0.05) is 64.4 Å². The first kappa shape index (κ1) is 32.6. The van der Waals surface area contributed by atoms with Gasteiger partial charge in [-0.05, 0) is 60.8 Å². The summed E-state index contributed by atoms with van der Waals surface area (Å²) < 4.78 is 13.9. The largest absolute Gasteiger partial charge is 0.385 e. The Hall–Kier alpha value is -2.91. The molecular weight excluding hydrogens is 534 g/mol. The summed E-state index contributed by atoms with van der Waals surface area (Å²) >= 11 is 0. The number of hydrogen-bond acceptors (Lipinski definition) is 5. The molecular formula is C32H49N5O3S. The number of nitrogens with one attached hydrogen (secondary N) is 4. The molecule has 226 valence electrons. The van der Waals surface area contributed by atoms with Crippen molar-refractivity contribution < 1.29 is 13.8 Å². The predicted octanol–water partition coefficient (Wildman–Crippen LogP) is 4.36. The second kappa shape index (κ2) is 15.9. The molecule has 4 N–H and O–H groups in total. The molecule has 1 aliphatic rings. The number of nitrogens with zero attached hydrogens (tertiary/aromatic N) is 1. The van der Waals surface area contributed by atoms with Gasteiger partial charge >= 0.3 is 0 Å². The second-order valence-electron chi connectivity index (χ2n) is 11.8. The van der Waals surface area contributed by atoms with E-state index in [2.05, 4.69) is 49.0 Å². The lowest BCUT2D eigenvalue weighted by Gasteiger charge is -2.25. The summed E-state index contributed by atoms with van der Waals surface area (Å²) in [5, 5.41) is 13.2. The second-order valence-corrected chi connectivity index (χ2v) is 13.2. The normalized spacial score (nSPS) is 18.3. The SMILES string of the molecule is CCC[C@H](NC[C@H](Cc1ccccc1)NC(=O)c1cc(NCC2CC2C)cc(N(C)S(C)=O)c1)C(=O)NCC(C)C. The summed E-state index contributed by atoms with van der Waals surface area (Å²) in [6, 6.07) is 15.1. The van der Waals surface area contributed by atoms with Crippen molar-refractivity contribution in [1.82, 2.24) is 16.0 Å². The van der Waals surface area contributed by atoms with E-state index in [1.807, 2.05) is 42.5 Å². The number of carbonyl (C=O) groups excluding carboxylic acids is 2. The van der Waals surface area contributed by atoms with Gasteiger partial charge in [0.2, 0.25) is 5.91 Å². The number of hydrogen-bond donors (Lipinski definition) is 4. The Labute approximate surface area is 249 Å². The van der Waals surface area contributed by atoms with E-state index in [0.717, 1.165) is 30.1 Å². The molecule has 5 atom stereocenters. The van der Waals surface area contributed by atoms with Gasteiger partial charge in [0.1, 0.15) is 11.0 Å². The molecule has 2 aromatic carbocycles. The molecule has 0 bridgehead atoms. The van der Waals surface area contributed by atoms with E-state index in [9.17, 15) is 13.8 Å². The van der Waals surface area contributed by atoms with Gasteiger partial charge in [0.15, 0.2) is 0 Å². The number of rotatable bonds is 17. The molecule has 3 rings (SSSR count). The van der Waals surface area contributed by atoms with E-state index in [1.165, 1.54) is 6.42 Å². The first-order chi connectivity index (χ1) is 19.6. The van der Waals surface area contributed by atoms with Crippen LogP contribution in [0.15, 0.2) is 48.5 Å². The first-order valence-corrected chi connectivity index (χ1v) is 16.4. The predicted molar refractivity (Wildman–Crippen MR) is 171 cm³/mol. The molecule has 0 aromatic heterocycles. The maximum absolute atomic E-state index is 13.7. The van der Waals surface area contributed by atoms with Gasteiger partial charge in [0, 0.05) is 50.2 Å². The van der Waals surface area contributed by atoms with E-state index in [0.29, 0.717) is 49.0 Å². The highest BCUT2D eigenvalue weighted by Gasteiger charge is 2.32. The van der Waals surface area contributed by atoms with Crippen LogP contribution in [0.25, 0.3) is 0 Å². The first-order valence-electron chi connectivity index (χ1n) is 14.9. The number of amides is 2. The Morgan fingerprint density at radius 1 is 1.10 bits per heavy atom. The molecule has 41 heavy (non-hydrogen) atoms. The van der Waals surface area contributed by atoms with Crippen molar-refractivity contribution in [2.24, 2.45) is 17.8 Å². The average molecular weight is 584 g/mol. The van der Waals surface area contributed by atoms with E-state index in [4.69, 9.17) is 0 Å². The van der Waals surface area contributed by atoms with Crippen molar-refractivity contribution in [2.45, 2.75) is 65.5 Å². The lowest BCUT2D eigenvalue weighted by Crippen LogP contribution is -2.51. The zero-order chi connectivity index (χ0) is 29.9. The van der Waals surface area contributed by atoms with Gasteiger partial charge in [-0.25, -0.2) is 4.21 Å². The third-order valence-corrected chi connectivity index (χ3v) is 8.61. The Morgan fingerprint density at radius 3 is 2.41 bits per heavy atom. The smallest absolute Gasteiger partial charge is 0.251 e. The number of benzene rings is 2. The minimum Gasteiger partial charge on any atom is -0.385 e. The maximum Gasteiger partial charge on any atom is 0.251 e. The van der Waals surface area contributed by atoms with Gasteiger partial charge in [0.25, 0.3) is 5.91 Å². The zero-order valence-corrected chi connectivity index (χ0v) is 26.4. The molecule has 0 spiro atoms. The van der Waals surface area contributed by atoms with E-state index >= 15 is 0 Å². The molecule has 0 heterocycles. The Morgan fingerprint density at radius 2 is 1.80 bits per heavy atom. The van der Waals surface area contributed by atoms with Gasteiger partial charge < -0.3 is 21.3 Å². The third-order valence-electron chi connectivity index (χ3n) is 7.62.